The number of ether oxygens (including phenoxy) is 1. The predicted molar refractivity (Wildman–Crippen MR) is 63.4 cm³/mol. The number of nitrogens with zero attached hydrogens (tertiary/aromatic N) is 1. The van der Waals surface area contributed by atoms with E-state index in [4.69, 9.17) is 4.74 Å². The van der Waals surface area contributed by atoms with Gasteiger partial charge in [-0.15, -0.1) is 0 Å². The van der Waals surface area contributed by atoms with Crippen molar-refractivity contribution in [2.45, 2.75) is 32.0 Å². The van der Waals surface area contributed by atoms with Crippen LogP contribution in [0.5, 0.6) is 5.75 Å². The maximum absolute atomic E-state index is 10.3. The minimum atomic E-state index is -0.548. The van der Waals surface area contributed by atoms with E-state index >= 15 is 0 Å². The average Bonchev–Trinajstić information content (AvgIpc) is 2.74. The largest absolute Gasteiger partial charge is 0.496 e. The first-order valence-electron chi connectivity index (χ1n) is 5.80. The van der Waals surface area contributed by atoms with Crippen LogP contribution >= 0.6 is 0 Å². The molecule has 0 spiro atoms. The van der Waals surface area contributed by atoms with Crippen molar-refractivity contribution in [1.29, 1.82) is 0 Å². The van der Waals surface area contributed by atoms with Crippen LogP contribution in [0.2, 0.25) is 0 Å². The van der Waals surface area contributed by atoms with E-state index in [1.807, 2.05) is 24.3 Å². The van der Waals surface area contributed by atoms with Crippen LogP contribution in [0.4, 0.5) is 0 Å². The summed E-state index contributed by atoms with van der Waals surface area (Å²) < 4.78 is 5.27. The van der Waals surface area contributed by atoms with Crippen LogP contribution in [0.1, 0.15) is 31.6 Å². The molecule has 16 heavy (non-hydrogen) atoms. The molecule has 0 aliphatic carbocycles. The van der Waals surface area contributed by atoms with Gasteiger partial charge in [0.1, 0.15) is 12.0 Å². The highest BCUT2D eigenvalue weighted by Gasteiger charge is 2.28. The predicted octanol–water partition coefficient (Wildman–Crippen LogP) is 2.17. The van der Waals surface area contributed by atoms with Crippen molar-refractivity contribution in [3.8, 4) is 5.75 Å². The SMILES string of the molecule is COc1ccccc1C(O)N1CCCC1C. The van der Waals surface area contributed by atoms with Crippen molar-refractivity contribution in [2.75, 3.05) is 13.7 Å². The molecule has 1 aromatic carbocycles. The molecule has 0 bridgehead atoms. The first-order chi connectivity index (χ1) is 7.74. The maximum Gasteiger partial charge on any atom is 0.137 e. The molecule has 0 aromatic heterocycles. The lowest BCUT2D eigenvalue weighted by atomic mass is 10.1. The topological polar surface area (TPSA) is 32.7 Å². The van der Waals surface area contributed by atoms with Crippen LogP contribution in [0.3, 0.4) is 0 Å². The summed E-state index contributed by atoms with van der Waals surface area (Å²) in [5.41, 5.74) is 0.860. The van der Waals surface area contributed by atoms with Crippen molar-refractivity contribution < 1.29 is 9.84 Å². The lowest BCUT2D eigenvalue weighted by Gasteiger charge is -2.28. The van der Waals surface area contributed by atoms with Crippen molar-refractivity contribution in [3.05, 3.63) is 29.8 Å². The van der Waals surface area contributed by atoms with Crippen molar-refractivity contribution in [3.63, 3.8) is 0 Å². The molecule has 2 rings (SSSR count). The average molecular weight is 221 g/mol. The fraction of sp³-hybridized carbons (Fsp3) is 0.538. The van der Waals surface area contributed by atoms with Gasteiger partial charge in [0.25, 0.3) is 0 Å². The van der Waals surface area contributed by atoms with Crippen LogP contribution in [0.15, 0.2) is 24.3 Å². The zero-order chi connectivity index (χ0) is 11.5. The summed E-state index contributed by atoms with van der Waals surface area (Å²) in [5.74, 6) is 0.758. The Morgan fingerprint density at radius 3 is 2.81 bits per heavy atom. The number of aliphatic hydroxyl groups is 1. The van der Waals surface area contributed by atoms with Gasteiger partial charge < -0.3 is 9.84 Å². The van der Waals surface area contributed by atoms with Gasteiger partial charge in [-0.1, -0.05) is 18.2 Å². The second-order valence-corrected chi connectivity index (χ2v) is 4.34. The Morgan fingerprint density at radius 1 is 1.44 bits per heavy atom. The Morgan fingerprint density at radius 2 is 2.19 bits per heavy atom. The monoisotopic (exact) mass is 221 g/mol. The first-order valence-corrected chi connectivity index (χ1v) is 5.80. The number of likely N-dealkylation sites (tertiary alicyclic amines) is 1. The number of benzene rings is 1. The third kappa shape index (κ3) is 2.06. The number of hydrogen-bond acceptors (Lipinski definition) is 3. The minimum Gasteiger partial charge on any atom is -0.496 e. The second-order valence-electron chi connectivity index (χ2n) is 4.34. The number of aliphatic hydroxyl groups excluding tert-OH is 1. The molecule has 1 heterocycles. The van der Waals surface area contributed by atoms with Gasteiger partial charge in [0.2, 0.25) is 0 Å². The van der Waals surface area contributed by atoms with Crippen LogP contribution in [0.25, 0.3) is 0 Å². The third-order valence-electron chi connectivity index (χ3n) is 3.34. The summed E-state index contributed by atoms with van der Waals surface area (Å²) in [5, 5.41) is 10.3. The number of para-hydroxylation sites is 1. The molecule has 1 saturated heterocycles. The first kappa shape index (κ1) is 11.4. The smallest absolute Gasteiger partial charge is 0.137 e. The Bertz CT molecular complexity index is 354. The highest BCUT2D eigenvalue weighted by atomic mass is 16.5. The summed E-state index contributed by atoms with van der Waals surface area (Å²) >= 11 is 0. The van der Waals surface area contributed by atoms with E-state index in [0.717, 1.165) is 30.7 Å². The molecule has 0 amide bonds. The fourth-order valence-electron chi connectivity index (χ4n) is 2.38. The summed E-state index contributed by atoms with van der Waals surface area (Å²) in [6, 6.07) is 8.11. The van der Waals surface area contributed by atoms with Gasteiger partial charge in [0.05, 0.1) is 7.11 Å². The molecule has 1 aromatic rings. The highest BCUT2D eigenvalue weighted by molar-refractivity contribution is 5.34. The second kappa shape index (κ2) is 4.85. The van der Waals surface area contributed by atoms with E-state index in [2.05, 4.69) is 11.8 Å². The third-order valence-corrected chi connectivity index (χ3v) is 3.34. The molecule has 1 aliphatic heterocycles. The highest BCUT2D eigenvalue weighted by Crippen LogP contribution is 2.32. The molecular formula is C13H19NO2. The van der Waals surface area contributed by atoms with Gasteiger partial charge in [-0.25, -0.2) is 0 Å². The molecule has 3 heteroatoms. The maximum atomic E-state index is 10.3. The zero-order valence-electron chi connectivity index (χ0n) is 9.89. The van der Waals surface area contributed by atoms with Gasteiger partial charge in [-0.05, 0) is 25.8 Å². The summed E-state index contributed by atoms with van der Waals surface area (Å²) in [4.78, 5) is 2.12. The number of methoxy groups -OCH3 is 1. The molecule has 2 unspecified atom stereocenters. The van der Waals surface area contributed by atoms with Gasteiger partial charge in [0.15, 0.2) is 0 Å². The Labute approximate surface area is 96.6 Å². The molecule has 1 aliphatic rings. The standard InChI is InChI=1S/C13H19NO2/c1-10-6-5-9-14(10)13(15)11-7-3-4-8-12(11)16-2/h3-4,7-8,10,13,15H,5-6,9H2,1-2H3. The summed E-state index contributed by atoms with van der Waals surface area (Å²) in [7, 11) is 1.64. The molecule has 0 saturated carbocycles. The molecule has 1 fully saturated rings. The molecule has 3 nitrogen and oxygen atoms in total. The lowest BCUT2D eigenvalue weighted by molar-refractivity contribution is -0.00434. The number of rotatable bonds is 3. The van der Waals surface area contributed by atoms with Gasteiger partial charge >= 0.3 is 0 Å². The van der Waals surface area contributed by atoms with Crippen molar-refractivity contribution in [1.82, 2.24) is 4.90 Å². The molecule has 88 valence electrons. The fourth-order valence-corrected chi connectivity index (χ4v) is 2.38. The molecule has 2 atom stereocenters. The van der Waals surface area contributed by atoms with E-state index in [-0.39, 0.29) is 0 Å². The van der Waals surface area contributed by atoms with E-state index in [1.165, 1.54) is 0 Å². The van der Waals surface area contributed by atoms with E-state index < -0.39 is 6.23 Å². The molecule has 0 radical (unpaired) electrons. The van der Waals surface area contributed by atoms with E-state index in [1.54, 1.807) is 7.11 Å². The van der Waals surface area contributed by atoms with Crippen molar-refractivity contribution in [2.24, 2.45) is 0 Å². The van der Waals surface area contributed by atoms with Crippen LogP contribution in [-0.4, -0.2) is 29.7 Å². The number of hydrogen-bond donors (Lipinski definition) is 1. The Hall–Kier alpha value is -1.06. The minimum absolute atomic E-state index is 0.444. The normalized spacial score (nSPS) is 23.3. The summed E-state index contributed by atoms with van der Waals surface area (Å²) in [6.45, 7) is 3.12. The van der Waals surface area contributed by atoms with Crippen LogP contribution < -0.4 is 4.74 Å². The van der Waals surface area contributed by atoms with E-state index in [9.17, 15) is 5.11 Å². The van der Waals surface area contributed by atoms with Gasteiger partial charge in [-0.3, -0.25) is 4.90 Å². The lowest BCUT2D eigenvalue weighted by Crippen LogP contribution is -2.31. The van der Waals surface area contributed by atoms with Crippen LogP contribution in [0, 0.1) is 0 Å². The molecular weight excluding hydrogens is 202 g/mol. The van der Waals surface area contributed by atoms with E-state index in [0.29, 0.717) is 6.04 Å². The van der Waals surface area contributed by atoms with Gasteiger partial charge in [-0.2, -0.15) is 0 Å². The Kier molecular flexibility index (Phi) is 3.46. The van der Waals surface area contributed by atoms with Crippen molar-refractivity contribution >= 4 is 0 Å². The zero-order valence-corrected chi connectivity index (χ0v) is 9.89. The Balaban J connectivity index is 2.22. The molecule has 1 N–H and O–H groups in total. The van der Waals surface area contributed by atoms with Gasteiger partial charge in [0, 0.05) is 18.2 Å². The summed E-state index contributed by atoms with van der Waals surface area (Å²) in [6.07, 6.45) is 1.77. The quantitative estimate of drug-likeness (QED) is 0.849. The van der Waals surface area contributed by atoms with Crippen LogP contribution in [-0.2, 0) is 0 Å².